The number of nitriles is 2. The lowest BCUT2D eigenvalue weighted by Gasteiger charge is -2.14. The van der Waals surface area contributed by atoms with Crippen molar-refractivity contribution in [2.75, 3.05) is 12.4 Å². The van der Waals surface area contributed by atoms with Crippen molar-refractivity contribution < 1.29 is 0 Å². The number of pyridine rings is 1. The molecule has 5 nitrogen and oxygen atoms in total. The van der Waals surface area contributed by atoms with E-state index in [2.05, 4.69) is 22.4 Å². The first kappa shape index (κ1) is 21.9. The molecule has 0 saturated heterocycles. The molecule has 0 aliphatic rings. The van der Waals surface area contributed by atoms with E-state index in [4.69, 9.17) is 16.6 Å². The van der Waals surface area contributed by atoms with Gasteiger partial charge >= 0.3 is 0 Å². The lowest BCUT2D eigenvalue weighted by atomic mass is 9.97. The van der Waals surface area contributed by atoms with Crippen LogP contribution in [0, 0.1) is 22.7 Å². The van der Waals surface area contributed by atoms with Gasteiger partial charge in [-0.3, -0.25) is 0 Å². The third-order valence-electron chi connectivity index (χ3n) is 4.69. The summed E-state index contributed by atoms with van der Waals surface area (Å²) in [5.74, 6) is 1.00. The first-order chi connectivity index (χ1) is 15.6. The highest BCUT2D eigenvalue weighted by Gasteiger charge is 2.21. The Labute approximate surface area is 199 Å². The average Bonchev–Trinajstić information content (AvgIpc) is 3.31. The van der Waals surface area contributed by atoms with Gasteiger partial charge in [0.2, 0.25) is 0 Å². The summed E-state index contributed by atoms with van der Waals surface area (Å²) in [6.45, 7) is 0. The molecule has 0 radical (unpaired) electrons. The average molecular weight is 474 g/mol. The van der Waals surface area contributed by atoms with Crippen LogP contribution in [0.2, 0.25) is 5.02 Å². The molecule has 0 aliphatic carbocycles. The van der Waals surface area contributed by atoms with Gasteiger partial charge in [0.25, 0.3) is 0 Å². The number of thiazole rings is 1. The van der Waals surface area contributed by atoms with Gasteiger partial charge in [-0.25, -0.2) is 9.97 Å². The van der Waals surface area contributed by atoms with Crippen molar-refractivity contribution in [3.05, 3.63) is 81.8 Å². The molecule has 0 fully saturated rings. The number of anilines is 1. The highest BCUT2D eigenvalue weighted by atomic mass is 35.5. The number of benzene rings is 2. The minimum Gasteiger partial charge on any atom is -0.372 e. The van der Waals surface area contributed by atoms with Crippen molar-refractivity contribution in [2.45, 2.75) is 10.8 Å². The number of nitrogens with zero attached hydrogens (tertiary/aromatic N) is 4. The van der Waals surface area contributed by atoms with Crippen LogP contribution in [0.5, 0.6) is 0 Å². The van der Waals surface area contributed by atoms with Crippen LogP contribution < -0.4 is 5.32 Å². The Balaban J connectivity index is 1.68. The van der Waals surface area contributed by atoms with E-state index in [0.717, 1.165) is 21.8 Å². The lowest BCUT2D eigenvalue weighted by molar-refractivity contribution is 1.09. The van der Waals surface area contributed by atoms with Crippen LogP contribution in [0.3, 0.4) is 0 Å². The number of hydrogen-bond acceptors (Lipinski definition) is 7. The Hall–Kier alpha value is -3.36. The van der Waals surface area contributed by atoms with E-state index in [-0.39, 0.29) is 0 Å². The van der Waals surface area contributed by atoms with Crippen molar-refractivity contribution in [3.8, 4) is 33.8 Å². The lowest BCUT2D eigenvalue weighted by Crippen LogP contribution is -2.04. The van der Waals surface area contributed by atoms with Gasteiger partial charge < -0.3 is 5.32 Å². The molecule has 2 aromatic heterocycles. The third-order valence-corrected chi connectivity index (χ3v) is 6.89. The zero-order valence-electron chi connectivity index (χ0n) is 17.0. The highest BCUT2D eigenvalue weighted by molar-refractivity contribution is 7.98. The second-order valence-corrected chi connectivity index (χ2v) is 8.93. The summed E-state index contributed by atoms with van der Waals surface area (Å²) in [6.07, 6.45) is 0. The van der Waals surface area contributed by atoms with Crippen molar-refractivity contribution in [3.63, 3.8) is 0 Å². The summed E-state index contributed by atoms with van der Waals surface area (Å²) in [7, 11) is 1.72. The molecule has 0 atom stereocenters. The number of rotatable bonds is 6. The summed E-state index contributed by atoms with van der Waals surface area (Å²) < 4.78 is 0. The SMILES string of the molecule is CNc1nc(SCc2csc(-c3ccc(Cl)cc3)n2)c(C#N)c(-c2ccccc2)c1C#N. The van der Waals surface area contributed by atoms with Gasteiger partial charge in [0.05, 0.1) is 11.3 Å². The van der Waals surface area contributed by atoms with E-state index < -0.39 is 0 Å². The van der Waals surface area contributed by atoms with Crippen molar-refractivity contribution >= 4 is 40.5 Å². The van der Waals surface area contributed by atoms with Crippen molar-refractivity contribution in [1.82, 2.24) is 9.97 Å². The molecule has 0 amide bonds. The molecule has 1 N–H and O–H groups in total. The topological polar surface area (TPSA) is 85.4 Å². The van der Waals surface area contributed by atoms with Crippen LogP contribution in [0.15, 0.2) is 65.0 Å². The predicted octanol–water partition coefficient (Wildman–Crippen LogP) is 6.60. The molecule has 4 aromatic rings. The zero-order chi connectivity index (χ0) is 22.5. The molecule has 32 heavy (non-hydrogen) atoms. The van der Waals surface area contributed by atoms with Crippen LogP contribution in [0.4, 0.5) is 5.82 Å². The Morgan fingerprint density at radius 1 is 0.969 bits per heavy atom. The van der Waals surface area contributed by atoms with Gasteiger partial charge in [-0.05, 0) is 17.7 Å². The van der Waals surface area contributed by atoms with Gasteiger partial charge in [-0.15, -0.1) is 11.3 Å². The maximum absolute atomic E-state index is 9.96. The molecule has 0 bridgehead atoms. The second kappa shape index (κ2) is 9.84. The summed E-state index contributed by atoms with van der Waals surface area (Å²) in [5.41, 5.74) is 4.06. The van der Waals surface area contributed by atoms with E-state index in [1.54, 1.807) is 18.4 Å². The van der Waals surface area contributed by atoms with Gasteiger partial charge in [0.1, 0.15) is 33.6 Å². The smallest absolute Gasteiger partial charge is 0.145 e. The molecule has 2 heterocycles. The summed E-state index contributed by atoms with van der Waals surface area (Å²) in [6, 6.07) is 21.5. The van der Waals surface area contributed by atoms with Gasteiger partial charge in [0.15, 0.2) is 0 Å². The van der Waals surface area contributed by atoms with Gasteiger partial charge in [-0.2, -0.15) is 10.5 Å². The second-order valence-electron chi connectivity index (χ2n) is 6.67. The van der Waals surface area contributed by atoms with E-state index in [1.165, 1.54) is 11.8 Å². The number of hydrogen-bond donors (Lipinski definition) is 1. The minimum absolute atomic E-state index is 0.360. The van der Waals surface area contributed by atoms with Gasteiger partial charge in [0, 0.05) is 34.3 Å². The number of halogens is 1. The van der Waals surface area contributed by atoms with E-state index in [1.807, 2.05) is 60.0 Å². The van der Waals surface area contributed by atoms with Crippen molar-refractivity contribution in [1.29, 1.82) is 10.5 Å². The summed E-state index contributed by atoms with van der Waals surface area (Å²) in [5, 5.41) is 26.9. The normalized spacial score (nSPS) is 10.4. The fraction of sp³-hybridized carbons (Fsp3) is 0.0833. The van der Waals surface area contributed by atoms with Crippen LogP contribution in [0.25, 0.3) is 21.7 Å². The maximum atomic E-state index is 9.96. The Morgan fingerprint density at radius 2 is 1.69 bits per heavy atom. The first-order valence-electron chi connectivity index (χ1n) is 9.59. The fourth-order valence-corrected chi connectivity index (χ4v) is 5.13. The van der Waals surface area contributed by atoms with Crippen molar-refractivity contribution in [2.24, 2.45) is 0 Å². The highest BCUT2D eigenvalue weighted by Crippen LogP contribution is 2.37. The molecule has 4 rings (SSSR count). The number of nitrogens with one attached hydrogen (secondary N) is 1. The standard InChI is InChI=1S/C24H16ClN5S2/c1-28-22-19(11-26)21(15-5-3-2-4-6-15)20(12-27)24(30-22)32-14-18-13-31-23(29-18)16-7-9-17(25)10-8-16/h2-10,13H,14H2,1H3,(H,28,30). The molecule has 2 aromatic carbocycles. The predicted molar refractivity (Wildman–Crippen MR) is 131 cm³/mol. The van der Waals surface area contributed by atoms with E-state index >= 15 is 0 Å². The minimum atomic E-state index is 0.360. The number of thioether (sulfide) groups is 1. The molecule has 0 aliphatic heterocycles. The van der Waals surface area contributed by atoms with E-state index in [9.17, 15) is 10.5 Å². The summed E-state index contributed by atoms with van der Waals surface area (Å²) >= 11 is 8.97. The quantitative estimate of drug-likeness (QED) is 0.317. The Morgan fingerprint density at radius 3 is 2.34 bits per heavy atom. The van der Waals surface area contributed by atoms with Crippen LogP contribution in [-0.4, -0.2) is 17.0 Å². The molecular formula is C24H16ClN5S2. The Kier molecular flexibility index (Phi) is 6.72. The fourth-order valence-electron chi connectivity index (χ4n) is 3.20. The van der Waals surface area contributed by atoms with Gasteiger partial charge in [-0.1, -0.05) is 65.8 Å². The number of aromatic nitrogens is 2. The monoisotopic (exact) mass is 473 g/mol. The molecule has 156 valence electrons. The van der Waals surface area contributed by atoms with Crippen LogP contribution >= 0.6 is 34.7 Å². The van der Waals surface area contributed by atoms with Crippen LogP contribution in [0.1, 0.15) is 16.8 Å². The molecular weight excluding hydrogens is 458 g/mol. The Bertz CT molecular complexity index is 1340. The zero-order valence-corrected chi connectivity index (χ0v) is 19.4. The molecule has 8 heteroatoms. The molecule has 0 unspecified atom stereocenters. The molecule has 0 saturated carbocycles. The van der Waals surface area contributed by atoms with Crippen LogP contribution in [-0.2, 0) is 5.75 Å². The largest absolute Gasteiger partial charge is 0.372 e. The first-order valence-corrected chi connectivity index (χ1v) is 11.8. The maximum Gasteiger partial charge on any atom is 0.145 e. The summed E-state index contributed by atoms with van der Waals surface area (Å²) in [4.78, 5) is 9.29. The third kappa shape index (κ3) is 4.46. The molecule has 0 spiro atoms. The van der Waals surface area contributed by atoms with E-state index in [0.29, 0.717) is 38.3 Å².